The van der Waals surface area contributed by atoms with Gasteiger partial charge in [-0.1, -0.05) is 11.8 Å². The average molecular weight is 330 g/mol. The molecule has 2 N–H and O–H groups in total. The van der Waals surface area contributed by atoms with Crippen molar-refractivity contribution < 1.29 is 4.79 Å². The molecule has 3 rings (SSSR count). The smallest absolute Gasteiger partial charge is 0.227 e. The zero-order chi connectivity index (χ0) is 16.2. The fraction of sp³-hybridized carbons (Fsp3) is 0.588. The first-order valence-electron chi connectivity index (χ1n) is 8.32. The van der Waals surface area contributed by atoms with Crippen molar-refractivity contribution in [3.8, 4) is 6.07 Å². The molecule has 1 saturated heterocycles. The van der Waals surface area contributed by atoms with E-state index in [0.29, 0.717) is 10.6 Å². The fourth-order valence-corrected chi connectivity index (χ4v) is 4.25. The molecule has 23 heavy (non-hydrogen) atoms. The van der Waals surface area contributed by atoms with Crippen molar-refractivity contribution in [2.75, 3.05) is 23.7 Å². The van der Waals surface area contributed by atoms with E-state index in [1.807, 2.05) is 0 Å². The van der Waals surface area contributed by atoms with Crippen LogP contribution in [-0.4, -0.2) is 29.7 Å². The molecule has 1 aliphatic heterocycles. The highest BCUT2D eigenvalue weighted by Crippen LogP contribution is 2.36. The molecule has 1 aromatic heterocycles. The summed E-state index contributed by atoms with van der Waals surface area (Å²) in [5.74, 6) is 0.836. The van der Waals surface area contributed by atoms with E-state index < -0.39 is 0 Å². The van der Waals surface area contributed by atoms with Gasteiger partial charge in [0.1, 0.15) is 16.9 Å². The minimum absolute atomic E-state index is 0.167. The summed E-state index contributed by atoms with van der Waals surface area (Å²) >= 11 is 1.30. The minimum atomic E-state index is -0.377. The van der Waals surface area contributed by atoms with Crippen LogP contribution >= 0.6 is 11.8 Å². The summed E-state index contributed by atoms with van der Waals surface area (Å²) in [7, 11) is 0. The third-order valence-corrected chi connectivity index (χ3v) is 5.58. The third-order valence-electron chi connectivity index (χ3n) is 4.58. The van der Waals surface area contributed by atoms with E-state index >= 15 is 0 Å². The lowest BCUT2D eigenvalue weighted by atomic mass is 9.89. The summed E-state index contributed by atoms with van der Waals surface area (Å²) in [6.45, 7) is 2.07. The second-order valence-electron chi connectivity index (χ2n) is 6.19. The van der Waals surface area contributed by atoms with Crippen molar-refractivity contribution in [3.05, 3.63) is 16.7 Å². The summed E-state index contributed by atoms with van der Waals surface area (Å²) < 4.78 is 0. The third kappa shape index (κ3) is 3.45. The molecule has 2 aliphatic rings. The van der Waals surface area contributed by atoms with Crippen LogP contribution in [0.1, 0.15) is 48.8 Å². The van der Waals surface area contributed by atoms with Gasteiger partial charge in [0.25, 0.3) is 0 Å². The van der Waals surface area contributed by atoms with Gasteiger partial charge in [-0.15, -0.1) is 0 Å². The van der Waals surface area contributed by atoms with Crippen molar-refractivity contribution in [3.63, 3.8) is 0 Å². The van der Waals surface area contributed by atoms with E-state index in [1.54, 1.807) is 0 Å². The molecule has 0 bridgehead atoms. The van der Waals surface area contributed by atoms with Crippen LogP contribution in [0.15, 0.2) is 5.03 Å². The van der Waals surface area contributed by atoms with E-state index in [0.717, 1.165) is 50.2 Å². The minimum Gasteiger partial charge on any atom is -0.369 e. The Bertz CT molecular complexity index is 647. The van der Waals surface area contributed by atoms with Crippen LogP contribution < -0.4 is 10.6 Å². The van der Waals surface area contributed by atoms with Gasteiger partial charge in [-0.3, -0.25) is 4.79 Å². The lowest BCUT2D eigenvalue weighted by molar-refractivity contribution is -0.115. The number of hydrogen-bond donors (Lipinski definition) is 1. The number of fused-ring (bicyclic) bond motifs is 1. The van der Waals surface area contributed by atoms with Gasteiger partial charge in [0.05, 0.1) is 11.3 Å². The maximum Gasteiger partial charge on any atom is 0.227 e. The zero-order valence-electron chi connectivity index (χ0n) is 13.3. The predicted molar refractivity (Wildman–Crippen MR) is 91.6 cm³/mol. The molecular weight excluding hydrogens is 308 g/mol. The number of rotatable bonds is 4. The van der Waals surface area contributed by atoms with Crippen molar-refractivity contribution in [1.29, 1.82) is 5.26 Å². The zero-order valence-corrected chi connectivity index (χ0v) is 14.1. The molecule has 1 aliphatic carbocycles. The summed E-state index contributed by atoms with van der Waals surface area (Å²) in [5, 5.41) is 10.3. The highest BCUT2D eigenvalue weighted by molar-refractivity contribution is 8.00. The van der Waals surface area contributed by atoms with Gasteiger partial charge >= 0.3 is 0 Å². The van der Waals surface area contributed by atoms with E-state index in [4.69, 9.17) is 10.7 Å². The predicted octanol–water partition coefficient (Wildman–Crippen LogP) is 2.40. The molecule has 122 valence electrons. The van der Waals surface area contributed by atoms with Crippen molar-refractivity contribution in [2.45, 2.75) is 50.0 Å². The number of anilines is 1. The Kier molecular flexibility index (Phi) is 5.06. The van der Waals surface area contributed by atoms with Crippen LogP contribution in [0.2, 0.25) is 0 Å². The second-order valence-corrected chi connectivity index (χ2v) is 7.16. The number of pyridine rings is 1. The number of nitrogens with two attached hydrogens (primary N) is 1. The Morgan fingerprint density at radius 2 is 1.87 bits per heavy atom. The van der Waals surface area contributed by atoms with Gasteiger partial charge in [0.2, 0.25) is 5.91 Å². The lowest BCUT2D eigenvalue weighted by Crippen LogP contribution is -2.32. The monoisotopic (exact) mass is 330 g/mol. The van der Waals surface area contributed by atoms with Gasteiger partial charge in [0.15, 0.2) is 0 Å². The largest absolute Gasteiger partial charge is 0.369 e. The average Bonchev–Trinajstić information content (AvgIpc) is 2.59. The van der Waals surface area contributed by atoms with Crippen molar-refractivity contribution in [2.24, 2.45) is 5.73 Å². The number of hydrogen-bond acceptors (Lipinski definition) is 5. The van der Waals surface area contributed by atoms with Gasteiger partial charge in [-0.05, 0) is 56.1 Å². The molecule has 2 heterocycles. The van der Waals surface area contributed by atoms with Gasteiger partial charge in [-0.2, -0.15) is 5.26 Å². The Morgan fingerprint density at radius 1 is 1.17 bits per heavy atom. The Labute approximate surface area is 141 Å². The molecule has 0 unspecified atom stereocenters. The number of carbonyl (C=O) groups is 1. The van der Waals surface area contributed by atoms with E-state index in [9.17, 15) is 10.1 Å². The maximum absolute atomic E-state index is 11.1. The van der Waals surface area contributed by atoms with E-state index in [1.165, 1.54) is 36.6 Å². The summed E-state index contributed by atoms with van der Waals surface area (Å²) in [6, 6.07) is 2.32. The Hall–Kier alpha value is -1.74. The quantitative estimate of drug-likeness (QED) is 0.857. The fourth-order valence-electron chi connectivity index (χ4n) is 3.50. The molecule has 5 nitrogen and oxygen atoms in total. The van der Waals surface area contributed by atoms with Crippen LogP contribution in [0.4, 0.5) is 5.82 Å². The summed E-state index contributed by atoms with van der Waals surface area (Å²) in [4.78, 5) is 18.3. The number of amides is 1. The first-order valence-corrected chi connectivity index (χ1v) is 9.31. The van der Waals surface area contributed by atoms with Gasteiger partial charge < -0.3 is 10.6 Å². The molecule has 0 saturated carbocycles. The topological polar surface area (TPSA) is 83.0 Å². The number of piperidine rings is 1. The first-order chi connectivity index (χ1) is 11.2. The van der Waals surface area contributed by atoms with Crippen LogP contribution in [0.5, 0.6) is 0 Å². The lowest BCUT2D eigenvalue weighted by Gasteiger charge is -2.32. The van der Waals surface area contributed by atoms with Crippen LogP contribution in [0.3, 0.4) is 0 Å². The molecule has 0 atom stereocenters. The first kappa shape index (κ1) is 16.1. The van der Waals surface area contributed by atoms with Crippen molar-refractivity contribution >= 4 is 23.5 Å². The van der Waals surface area contributed by atoms with Crippen molar-refractivity contribution in [1.82, 2.24) is 4.98 Å². The molecule has 1 fully saturated rings. The molecule has 6 heteroatoms. The SMILES string of the molecule is N#Cc1c(SCC(N)=O)nc(N2CCCCC2)c2c1CCCC2. The number of thioether (sulfide) groups is 1. The Balaban J connectivity index is 2.04. The number of primary amides is 1. The summed E-state index contributed by atoms with van der Waals surface area (Å²) in [6.07, 6.45) is 7.88. The molecule has 0 aromatic carbocycles. The van der Waals surface area contributed by atoms with Crippen LogP contribution in [0, 0.1) is 11.3 Å². The number of nitrogens with zero attached hydrogens (tertiary/aromatic N) is 3. The maximum atomic E-state index is 11.1. The van der Waals surface area contributed by atoms with Gasteiger partial charge in [0, 0.05) is 13.1 Å². The van der Waals surface area contributed by atoms with Gasteiger partial charge in [-0.25, -0.2) is 4.98 Å². The number of nitriles is 1. The van der Waals surface area contributed by atoms with E-state index in [-0.39, 0.29) is 11.7 Å². The second kappa shape index (κ2) is 7.22. The van der Waals surface area contributed by atoms with Crippen LogP contribution in [-0.2, 0) is 17.6 Å². The normalized spacial score (nSPS) is 17.4. The number of carbonyl (C=O) groups excluding carboxylic acids is 1. The molecule has 1 aromatic rings. The summed E-state index contributed by atoms with van der Waals surface area (Å²) in [5.41, 5.74) is 8.34. The number of aromatic nitrogens is 1. The Morgan fingerprint density at radius 3 is 2.52 bits per heavy atom. The highest BCUT2D eigenvalue weighted by atomic mass is 32.2. The molecule has 0 spiro atoms. The van der Waals surface area contributed by atoms with E-state index in [2.05, 4.69) is 11.0 Å². The molecular formula is C17H22N4OS. The van der Waals surface area contributed by atoms with Crippen LogP contribution in [0.25, 0.3) is 0 Å². The molecule has 0 radical (unpaired) electrons. The standard InChI is InChI=1S/C17H22N4OS/c18-10-14-12-6-2-3-7-13(12)16(21-8-4-1-5-9-21)20-17(14)23-11-15(19)22/h1-9,11H2,(H2,19,22). The highest BCUT2D eigenvalue weighted by Gasteiger charge is 2.26. The molecule has 1 amide bonds.